The van der Waals surface area contributed by atoms with Crippen LogP contribution in [0.3, 0.4) is 0 Å². The number of aromatic nitrogens is 4. The summed E-state index contributed by atoms with van der Waals surface area (Å²) in [5.74, 6) is 0.00685. The summed E-state index contributed by atoms with van der Waals surface area (Å²) in [4.78, 5) is 10.9. The van der Waals surface area contributed by atoms with Gasteiger partial charge in [0.05, 0.1) is 0 Å². The molecule has 0 N–H and O–H groups in total. The number of ketones is 1. The number of tetrazole rings is 1. The molecule has 12 heavy (non-hydrogen) atoms. The van der Waals surface area contributed by atoms with Gasteiger partial charge in [-0.15, -0.1) is 5.10 Å². The molecule has 0 radical (unpaired) electrons. The van der Waals surface area contributed by atoms with E-state index in [4.69, 9.17) is 0 Å². The Hall–Kier alpha value is -1.78. The molecule has 0 unspecified atom stereocenters. The minimum atomic E-state index is 0.00685. The van der Waals surface area contributed by atoms with Crippen LogP contribution in [0, 0.1) is 0 Å². The fraction of sp³-hybridized carbons (Fsp3) is 0.143. The predicted molar refractivity (Wildman–Crippen MR) is 40.8 cm³/mol. The molecule has 5 nitrogen and oxygen atoms in total. The fourth-order valence-corrected chi connectivity index (χ4v) is 0.950. The molecule has 2 heterocycles. The van der Waals surface area contributed by atoms with Crippen LogP contribution in [-0.4, -0.2) is 25.8 Å². The number of fused-ring (bicyclic) bond motifs is 1. The van der Waals surface area contributed by atoms with Crippen LogP contribution in [0.1, 0.15) is 17.3 Å². The minimum absolute atomic E-state index is 0.00685. The Morgan fingerprint density at radius 1 is 1.50 bits per heavy atom. The highest BCUT2D eigenvalue weighted by atomic mass is 16.1. The number of hydrogen-bond acceptors (Lipinski definition) is 4. The molecule has 0 aromatic carbocycles. The third-order valence-electron chi connectivity index (χ3n) is 1.60. The van der Waals surface area contributed by atoms with Gasteiger partial charge in [-0.1, -0.05) is 0 Å². The molecule has 0 aliphatic heterocycles. The number of carbonyl (C=O) groups is 1. The van der Waals surface area contributed by atoms with Crippen molar-refractivity contribution in [2.24, 2.45) is 0 Å². The zero-order valence-electron chi connectivity index (χ0n) is 6.43. The lowest BCUT2D eigenvalue weighted by atomic mass is 10.2. The van der Waals surface area contributed by atoms with Gasteiger partial charge in [0, 0.05) is 11.8 Å². The molecule has 2 aromatic rings. The van der Waals surface area contributed by atoms with Gasteiger partial charge in [0.1, 0.15) is 0 Å². The van der Waals surface area contributed by atoms with Crippen molar-refractivity contribution in [3.8, 4) is 0 Å². The summed E-state index contributed by atoms with van der Waals surface area (Å²) in [6, 6.07) is 3.41. The predicted octanol–water partition coefficient (Wildman–Crippen LogP) is 0.327. The van der Waals surface area contributed by atoms with Crippen molar-refractivity contribution in [1.29, 1.82) is 0 Å². The van der Waals surface area contributed by atoms with Gasteiger partial charge in [0.15, 0.2) is 11.4 Å². The zero-order chi connectivity index (χ0) is 8.55. The molecule has 0 atom stereocenters. The lowest BCUT2D eigenvalue weighted by molar-refractivity contribution is 0.101. The van der Waals surface area contributed by atoms with E-state index in [2.05, 4.69) is 15.5 Å². The van der Waals surface area contributed by atoms with Crippen molar-refractivity contribution in [2.75, 3.05) is 0 Å². The Bertz CT molecular complexity index is 434. The van der Waals surface area contributed by atoms with Crippen molar-refractivity contribution in [1.82, 2.24) is 20.0 Å². The average molecular weight is 162 g/mol. The highest BCUT2D eigenvalue weighted by molar-refractivity contribution is 5.93. The van der Waals surface area contributed by atoms with Gasteiger partial charge in [0.25, 0.3) is 0 Å². The van der Waals surface area contributed by atoms with E-state index in [1.165, 1.54) is 11.4 Å². The second kappa shape index (κ2) is 2.37. The van der Waals surface area contributed by atoms with E-state index in [0.717, 1.165) is 0 Å². The van der Waals surface area contributed by atoms with E-state index in [9.17, 15) is 4.79 Å². The van der Waals surface area contributed by atoms with Gasteiger partial charge in [-0.25, -0.2) is 0 Å². The maximum absolute atomic E-state index is 10.9. The van der Waals surface area contributed by atoms with Crippen molar-refractivity contribution in [3.63, 3.8) is 0 Å². The molecule has 0 saturated carbocycles. The van der Waals surface area contributed by atoms with E-state index in [-0.39, 0.29) is 5.78 Å². The first kappa shape index (κ1) is 6.90. The zero-order valence-corrected chi connectivity index (χ0v) is 6.43. The van der Waals surface area contributed by atoms with Crippen LogP contribution < -0.4 is 0 Å². The number of pyridine rings is 1. The van der Waals surface area contributed by atoms with Crippen LogP contribution in [0.4, 0.5) is 0 Å². The fourth-order valence-electron chi connectivity index (χ4n) is 0.950. The Morgan fingerprint density at radius 3 is 3.08 bits per heavy atom. The summed E-state index contributed by atoms with van der Waals surface area (Å²) in [6.45, 7) is 1.51. The van der Waals surface area contributed by atoms with Gasteiger partial charge >= 0.3 is 0 Å². The summed E-state index contributed by atoms with van der Waals surface area (Å²) in [7, 11) is 0. The Labute approximate surface area is 68.0 Å². The number of nitrogens with zero attached hydrogens (tertiary/aromatic N) is 4. The van der Waals surface area contributed by atoms with Crippen LogP contribution in [0.5, 0.6) is 0 Å². The topological polar surface area (TPSA) is 60.2 Å². The van der Waals surface area contributed by atoms with Crippen LogP contribution >= 0.6 is 0 Å². The monoisotopic (exact) mass is 162 g/mol. The highest BCUT2D eigenvalue weighted by Crippen LogP contribution is 2.02. The average Bonchev–Trinajstić information content (AvgIpc) is 2.49. The molecule has 0 saturated heterocycles. The first-order valence-corrected chi connectivity index (χ1v) is 3.46. The van der Waals surface area contributed by atoms with Crippen LogP contribution in [0.25, 0.3) is 5.65 Å². The summed E-state index contributed by atoms with van der Waals surface area (Å²) in [5, 5.41) is 10.8. The van der Waals surface area contributed by atoms with E-state index < -0.39 is 0 Å². The quantitative estimate of drug-likeness (QED) is 0.567. The third kappa shape index (κ3) is 0.952. The molecular formula is C7H6N4O. The van der Waals surface area contributed by atoms with Gasteiger partial charge < -0.3 is 0 Å². The second-order valence-electron chi connectivity index (χ2n) is 2.46. The number of rotatable bonds is 1. The Morgan fingerprint density at radius 2 is 2.33 bits per heavy atom. The standard InChI is InChI=1S/C7H6N4O/c1-5(12)6-2-3-7-8-9-10-11(7)4-6/h2-4H,1H3. The number of hydrogen-bond donors (Lipinski definition) is 0. The Kier molecular flexibility index (Phi) is 1.36. The normalized spacial score (nSPS) is 10.4. The molecule has 0 amide bonds. The van der Waals surface area contributed by atoms with Gasteiger partial charge in [-0.3, -0.25) is 4.79 Å². The number of Topliss-reactive ketones (excluding diaryl/α,β-unsaturated/α-hetero) is 1. The minimum Gasteiger partial charge on any atom is -0.294 e. The Balaban J connectivity index is 2.68. The van der Waals surface area contributed by atoms with E-state index in [0.29, 0.717) is 11.2 Å². The van der Waals surface area contributed by atoms with Crippen molar-refractivity contribution in [2.45, 2.75) is 6.92 Å². The van der Waals surface area contributed by atoms with Gasteiger partial charge in [0.2, 0.25) is 0 Å². The van der Waals surface area contributed by atoms with E-state index in [1.807, 2.05) is 0 Å². The SMILES string of the molecule is CC(=O)c1ccc2nnnn2c1. The summed E-state index contributed by atoms with van der Waals surface area (Å²) < 4.78 is 1.47. The molecule has 60 valence electrons. The van der Waals surface area contributed by atoms with Crippen LogP contribution in [-0.2, 0) is 0 Å². The van der Waals surface area contributed by atoms with E-state index >= 15 is 0 Å². The molecule has 0 aliphatic carbocycles. The van der Waals surface area contributed by atoms with Crippen LogP contribution in [0.2, 0.25) is 0 Å². The maximum atomic E-state index is 10.9. The molecule has 0 bridgehead atoms. The first-order valence-electron chi connectivity index (χ1n) is 3.46. The molecule has 2 aromatic heterocycles. The molecule has 0 aliphatic rings. The van der Waals surface area contributed by atoms with Gasteiger partial charge in [-0.05, 0) is 29.5 Å². The molecule has 5 heteroatoms. The largest absolute Gasteiger partial charge is 0.294 e. The van der Waals surface area contributed by atoms with Gasteiger partial charge in [-0.2, -0.15) is 4.52 Å². The second-order valence-corrected chi connectivity index (χ2v) is 2.46. The maximum Gasteiger partial charge on any atom is 0.179 e. The van der Waals surface area contributed by atoms with Crippen molar-refractivity contribution < 1.29 is 4.79 Å². The first-order chi connectivity index (χ1) is 5.77. The smallest absolute Gasteiger partial charge is 0.179 e. The summed E-state index contributed by atoms with van der Waals surface area (Å²) >= 11 is 0. The van der Waals surface area contributed by atoms with Crippen molar-refractivity contribution in [3.05, 3.63) is 23.9 Å². The summed E-state index contributed by atoms with van der Waals surface area (Å²) in [6.07, 6.45) is 1.61. The lowest BCUT2D eigenvalue weighted by Gasteiger charge is -1.93. The van der Waals surface area contributed by atoms with E-state index in [1.54, 1.807) is 18.3 Å². The number of carbonyl (C=O) groups excluding carboxylic acids is 1. The lowest BCUT2D eigenvalue weighted by Crippen LogP contribution is -1.96. The molecular weight excluding hydrogens is 156 g/mol. The molecule has 0 spiro atoms. The van der Waals surface area contributed by atoms with Crippen molar-refractivity contribution >= 4 is 11.4 Å². The van der Waals surface area contributed by atoms with Crippen LogP contribution in [0.15, 0.2) is 18.3 Å². The summed E-state index contributed by atoms with van der Waals surface area (Å²) in [5.41, 5.74) is 1.25. The highest BCUT2D eigenvalue weighted by Gasteiger charge is 2.01. The molecule has 2 rings (SSSR count). The third-order valence-corrected chi connectivity index (χ3v) is 1.60. The molecule has 0 fully saturated rings.